The molecule has 1 heterocycles. The molecular weight excluding hydrogens is 256 g/mol. The van der Waals surface area contributed by atoms with Crippen LogP contribution in [0.1, 0.15) is 13.3 Å². The lowest BCUT2D eigenvalue weighted by molar-refractivity contribution is -0.115. The lowest BCUT2D eigenvalue weighted by Gasteiger charge is -2.14. The van der Waals surface area contributed by atoms with E-state index in [1.807, 2.05) is 18.2 Å². The van der Waals surface area contributed by atoms with Crippen molar-refractivity contribution in [3.8, 4) is 5.75 Å². The molecular formula is C15H22N2O3. The van der Waals surface area contributed by atoms with Crippen LogP contribution in [0.15, 0.2) is 24.3 Å². The predicted molar refractivity (Wildman–Crippen MR) is 78.0 cm³/mol. The van der Waals surface area contributed by atoms with Gasteiger partial charge in [-0.2, -0.15) is 0 Å². The molecule has 0 radical (unpaired) electrons. The van der Waals surface area contributed by atoms with Gasteiger partial charge in [0.05, 0.1) is 19.8 Å². The highest BCUT2D eigenvalue weighted by molar-refractivity contribution is 5.92. The van der Waals surface area contributed by atoms with Gasteiger partial charge in [0, 0.05) is 24.9 Å². The van der Waals surface area contributed by atoms with Gasteiger partial charge in [-0.3, -0.25) is 4.79 Å². The quantitative estimate of drug-likeness (QED) is 0.830. The molecule has 0 spiro atoms. The Balaban J connectivity index is 1.72. The minimum absolute atomic E-state index is 0.0511. The molecule has 1 amide bonds. The van der Waals surface area contributed by atoms with E-state index in [0.717, 1.165) is 31.0 Å². The number of benzene rings is 1. The molecule has 0 bridgehead atoms. The Hall–Kier alpha value is -1.59. The normalized spacial score (nSPS) is 21.7. The largest absolute Gasteiger partial charge is 0.497 e. The summed E-state index contributed by atoms with van der Waals surface area (Å²) >= 11 is 0. The number of carbonyl (C=O) groups is 1. The maximum atomic E-state index is 11.8. The van der Waals surface area contributed by atoms with Crippen molar-refractivity contribution in [3.63, 3.8) is 0 Å². The van der Waals surface area contributed by atoms with Crippen molar-refractivity contribution in [2.24, 2.45) is 5.92 Å². The zero-order valence-electron chi connectivity index (χ0n) is 12.0. The summed E-state index contributed by atoms with van der Waals surface area (Å²) in [5.41, 5.74) is 0.744. The molecule has 1 aliphatic rings. The van der Waals surface area contributed by atoms with Gasteiger partial charge in [-0.05, 0) is 31.4 Å². The fourth-order valence-corrected chi connectivity index (χ4v) is 2.32. The smallest absolute Gasteiger partial charge is 0.238 e. The third-order valence-electron chi connectivity index (χ3n) is 3.58. The molecule has 0 aromatic heterocycles. The number of ether oxygens (including phenoxy) is 2. The Morgan fingerprint density at radius 3 is 3.05 bits per heavy atom. The Morgan fingerprint density at radius 2 is 2.35 bits per heavy atom. The van der Waals surface area contributed by atoms with E-state index in [-0.39, 0.29) is 12.0 Å². The van der Waals surface area contributed by atoms with Crippen molar-refractivity contribution in [1.82, 2.24) is 5.32 Å². The fraction of sp³-hybridized carbons (Fsp3) is 0.533. The molecule has 1 saturated heterocycles. The minimum atomic E-state index is -0.0511. The second-order valence-corrected chi connectivity index (χ2v) is 5.04. The SMILES string of the molecule is COc1cccc(NC(=O)CNCC2CCOC2C)c1. The monoisotopic (exact) mass is 278 g/mol. The van der Waals surface area contributed by atoms with Gasteiger partial charge >= 0.3 is 0 Å². The molecule has 1 aromatic rings. The van der Waals surface area contributed by atoms with Gasteiger partial charge in [-0.15, -0.1) is 0 Å². The van der Waals surface area contributed by atoms with Crippen LogP contribution in [0.4, 0.5) is 5.69 Å². The second kappa shape index (κ2) is 7.26. The summed E-state index contributed by atoms with van der Waals surface area (Å²) in [6, 6.07) is 7.33. The van der Waals surface area contributed by atoms with E-state index >= 15 is 0 Å². The van der Waals surface area contributed by atoms with Gasteiger partial charge in [0.15, 0.2) is 0 Å². The summed E-state index contributed by atoms with van der Waals surface area (Å²) in [4.78, 5) is 11.8. The maximum absolute atomic E-state index is 11.8. The Labute approximate surface area is 119 Å². The average Bonchev–Trinajstić information content (AvgIpc) is 2.85. The summed E-state index contributed by atoms with van der Waals surface area (Å²) < 4.78 is 10.6. The number of nitrogens with one attached hydrogen (secondary N) is 2. The topological polar surface area (TPSA) is 59.6 Å². The number of carbonyl (C=O) groups excluding carboxylic acids is 1. The summed E-state index contributed by atoms with van der Waals surface area (Å²) in [5.74, 6) is 1.18. The molecule has 2 rings (SSSR count). The van der Waals surface area contributed by atoms with Crippen LogP contribution >= 0.6 is 0 Å². The number of methoxy groups -OCH3 is 1. The molecule has 0 saturated carbocycles. The lowest BCUT2D eigenvalue weighted by Crippen LogP contribution is -2.33. The molecule has 110 valence electrons. The van der Waals surface area contributed by atoms with Crippen LogP contribution in [-0.2, 0) is 9.53 Å². The number of anilines is 1. The molecule has 5 heteroatoms. The van der Waals surface area contributed by atoms with Crippen LogP contribution < -0.4 is 15.4 Å². The van der Waals surface area contributed by atoms with Crippen LogP contribution in [-0.4, -0.2) is 38.8 Å². The van der Waals surface area contributed by atoms with Crippen LogP contribution in [0.5, 0.6) is 5.75 Å². The molecule has 1 aromatic carbocycles. The van der Waals surface area contributed by atoms with Crippen molar-refractivity contribution in [2.45, 2.75) is 19.4 Å². The van der Waals surface area contributed by atoms with Crippen LogP contribution in [0.2, 0.25) is 0 Å². The van der Waals surface area contributed by atoms with E-state index in [2.05, 4.69) is 17.6 Å². The third-order valence-corrected chi connectivity index (χ3v) is 3.58. The van der Waals surface area contributed by atoms with Gasteiger partial charge in [0.25, 0.3) is 0 Å². The Bertz CT molecular complexity index is 450. The van der Waals surface area contributed by atoms with Crippen molar-refractivity contribution in [3.05, 3.63) is 24.3 Å². The number of hydrogen-bond acceptors (Lipinski definition) is 4. The molecule has 0 aliphatic carbocycles. The van der Waals surface area contributed by atoms with Gasteiger partial charge in [0.2, 0.25) is 5.91 Å². The highest BCUT2D eigenvalue weighted by atomic mass is 16.5. The van der Waals surface area contributed by atoms with Crippen LogP contribution in [0, 0.1) is 5.92 Å². The molecule has 5 nitrogen and oxygen atoms in total. The van der Waals surface area contributed by atoms with Crippen molar-refractivity contribution in [2.75, 3.05) is 32.1 Å². The molecule has 2 N–H and O–H groups in total. The summed E-state index contributed by atoms with van der Waals surface area (Å²) in [6.45, 7) is 4.02. The highest BCUT2D eigenvalue weighted by Crippen LogP contribution is 2.19. The van der Waals surface area contributed by atoms with Crippen molar-refractivity contribution < 1.29 is 14.3 Å². The van der Waals surface area contributed by atoms with E-state index in [1.54, 1.807) is 13.2 Å². The molecule has 1 aliphatic heterocycles. The first-order valence-electron chi connectivity index (χ1n) is 6.95. The highest BCUT2D eigenvalue weighted by Gasteiger charge is 2.23. The van der Waals surface area contributed by atoms with E-state index < -0.39 is 0 Å². The fourth-order valence-electron chi connectivity index (χ4n) is 2.32. The Morgan fingerprint density at radius 1 is 1.50 bits per heavy atom. The van der Waals surface area contributed by atoms with Crippen molar-refractivity contribution >= 4 is 11.6 Å². The first-order chi connectivity index (χ1) is 9.69. The first kappa shape index (κ1) is 14.8. The number of rotatable bonds is 6. The zero-order valence-corrected chi connectivity index (χ0v) is 12.0. The summed E-state index contributed by atoms with van der Waals surface area (Å²) in [6.07, 6.45) is 1.34. The maximum Gasteiger partial charge on any atom is 0.238 e. The van der Waals surface area contributed by atoms with E-state index in [0.29, 0.717) is 12.5 Å². The van der Waals surface area contributed by atoms with Crippen LogP contribution in [0.25, 0.3) is 0 Å². The van der Waals surface area contributed by atoms with Gasteiger partial charge in [0.1, 0.15) is 5.75 Å². The third kappa shape index (κ3) is 4.21. The molecule has 1 fully saturated rings. The van der Waals surface area contributed by atoms with E-state index in [1.165, 1.54) is 0 Å². The molecule has 20 heavy (non-hydrogen) atoms. The number of hydrogen-bond donors (Lipinski definition) is 2. The standard InChI is InChI=1S/C15H22N2O3/c1-11-12(6-7-20-11)9-16-10-15(18)17-13-4-3-5-14(8-13)19-2/h3-5,8,11-12,16H,6-7,9-10H2,1-2H3,(H,17,18). The zero-order chi connectivity index (χ0) is 14.4. The van der Waals surface area contributed by atoms with Gasteiger partial charge < -0.3 is 20.1 Å². The molecule has 2 atom stereocenters. The van der Waals surface area contributed by atoms with Gasteiger partial charge in [-0.1, -0.05) is 6.07 Å². The number of amides is 1. The Kier molecular flexibility index (Phi) is 5.38. The van der Waals surface area contributed by atoms with Crippen LogP contribution in [0.3, 0.4) is 0 Å². The molecule has 2 unspecified atom stereocenters. The van der Waals surface area contributed by atoms with Crippen molar-refractivity contribution in [1.29, 1.82) is 0 Å². The average molecular weight is 278 g/mol. The lowest BCUT2D eigenvalue weighted by atomic mass is 10.0. The van der Waals surface area contributed by atoms with Gasteiger partial charge in [-0.25, -0.2) is 0 Å². The summed E-state index contributed by atoms with van der Waals surface area (Å²) in [7, 11) is 1.60. The van der Waals surface area contributed by atoms with E-state index in [4.69, 9.17) is 9.47 Å². The first-order valence-corrected chi connectivity index (χ1v) is 6.95. The second-order valence-electron chi connectivity index (χ2n) is 5.04. The minimum Gasteiger partial charge on any atom is -0.497 e. The predicted octanol–water partition coefficient (Wildman–Crippen LogP) is 1.65. The summed E-state index contributed by atoms with van der Waals surface area (Å²) in [5, 5.41) is 6.02. The van der Waals surface area contributed by atoms with E-state index in [9.17, 15) is 4.79 Å².